The molecule has 0 aromatic heterocycles. The molecule has 2 aromatic rings. The molecule has 10 heteroatoms. The number of benzene rings is 2. The largest absolute Gasteiger partial charge is 0.507 e. The third-order valence-electron chi connectivity index (χ3n) is 8.31. The van der Waals surface area contributed by atoms with E-state index in [4.69, 9.17) is 9.47 Å². The lowest BCUT2D eigenvalue weighted by Crippen LogP contribution is -2.25. The first-order valence-corrected chi connectivity index (χ1v) is 14.7. The molecule has 4 rings (SSSR count). The summed E-state index contributed by atoms with van der Waals surface area (Å²) in [5.74, 6) is -4.36. The molecule has 0 fully saturated rings. The van der Waals surface area contributed by atoms with E-state index < -0.39 is 23.3 Å². The van der Waals surface area contributed by atoms with Gasteiger partial charge in [0.25, 0.3) is 0 Å². The maximum Gasteiger partial charge on any atom is 0.336 e. The molecular weight excluding hydrogens is 568 g/mol. The zero-order valence-electron chi connectivity index (χ0n) is 25.1. The van der Waals surface area contributed by atoms with Gasteiger partial charge >= 0.3 is 5.97 Å². The van der Waals surface area contributed by atoms with Gasteiger partial charge in [-0.25, -0.2) is 4.79 Å². The van der Waals surface area contributed by atoms with E-state index in [0.717, 1.165) is 51.0 Å². The summed E-state index contributed by atoms with van der Waals surface area (Å²) in [4.78, 5) is 63.9. The van der Waals surface area contributed by atoms with E-state index >= 15 is 0 Å². The minimum atomic E-state index is -1.31. The van der Waals surface area contributed by atoms with Crippen LogP contribution in [0.4, 0.5) is 0 Å². The van der Waals surface area contributed by atoms with Gasteiger partial charge in [0, 0.05) is 22.3 Å². The van der Waals surface area contributed by atoms with Gasteiger partial charge in [0.15, 0.2) is 5.78 Å². The van der Waals surface area contributed by atoms with Crippen LogP contribution in [-0.4, -0.2) is 58.6 Å². The topological polar surface area (TPSA) is 164 Å². The van der Waals surface area contributed by atoms with Crippen molar-refractivity contribution in [2.45, 2.75) is 71.1 Å². The molecule has 0 spiro atoms. The Morgan fingerprint density at radius 2 is 1.25 bits per heavy atom. The number of phenolic OH excluding ortho intramolecular Hbond substituents is 2. The first-order valence-electron chi connectivity index (χ1n) is 14.7. The highest BCUT2D eigenvalue weighted by Crippen LogP contribution is 2.40. The molecule has 44 heavy (non-hydrogen) atoms. The third-order valence-corrected chi connectivity index (χ3v) is 8.31. The molecule has 2 aliphatic carbocycles. The van der Waals surface area contributed by atoms with Crippen molar-refractivity contribution >= 4 is 29.1 Å². The van der Waals surface area contributed by atoms with Crippen molar-refractivity contribution in [3.63, 3.8) is 0 Å². The number of Topliss-reactive ketones (excluding diaryl/α,β-unsaturated/α-hetero) is 2. The number of hydrogen-bond donors (Lipinski definition) is 3. The number of carboxylic acids is 1. The molecule has 0 aliphatic heterocycles. The standard InChI is InChI=1S/C34H36O10/c1-18-19(30(39)33(44-3)32(43-2)28(18)37)13-10-8-6-4-5-7-9-11-14-20-22(34(41)42)17-24(36)27-26(20)29(38)21-15-12-16-23(35)25(21)31(27)40/h12,15-17,35-36H,4-11,13-14H2,1-3H3,(H,41,42). The zero-order chi connectivity index (χ0) is 32.1. The molecule has 10 nitrogen and oxygen atoms in total. The van der Waals surface area contributed by atoms with Crippen LogP contribution in [0.15, 0.2) is 46.9 Å². The first-order chi connectivity index (χ1) is 21.0. The van der Waals surface area contributed by atoms with E-state index in [-0.39, 0.29) is 68.6 Å². The average Bonchev–Trinajstić information content (AvgIpc) is 2.99. The summed E-state index contributed by atoms with van der Waals surface area (Å²) in [6, 6.07) is 5.13. The molecule has 0 radical (unpaired) electrons. The van der Waals surface area contributed by atoms with Crippen LogP contribution < -0.4 is 0 Å². The number of allylic oxidation sites excluding steroid dienone is 2. The molecule has 232 valence electrons. The van der Waals surface area contributed by atoms with E-state index in [0.29, 0.717) is 24.0 Å². The lowest BCUT2D eigenvalue weighted by Gasteiger charge is -2.23. The van der Waals surface area contributed by atoms with E-state index in [1.807, 2.05) is 0 Å². The third kappa shape index (κ3) is 6.02. The smallest absolute Gasteiger partial charge is 0.336 e. The van der Waals surface area contributed by atoms with Gasteiger partial charge in [-0.2, -0.15) is 0 Å². The van der Waals surface area contributed by atoms with Gasteiger partial charge in [0.1, 0.15) is 11.5 Å². The predicted molar refractivity (Wildman–Crippen MR) is 159 cm³/mol. The summed E-state index contributed by atoms with van der Waals surface area (Å²) in [5, 5.41) is 30.5. The number of methoxy groups -OCH3 is 2. The van der Waals surface area contributed by atoms with Gasteiger partial charge in [-0.15, -0.1) is 0 Å². The van der Waals surface area contributed by atoms with Gasteiger partial charge < -0.3 is 24.8 Å². The Hall–Kier alpha value is -4.73. The lowest BCUT2D eigenvalue weighted by molar-refractivity contribution is -0.121. The summed E-state index contributed by atoms with van der Waals surface area (Å²) >= 11 is 0. The number of ketones is 4. The molecule has 0 amide bonds. The Bertz CT molecular complexity index is 1610. The molecule has 0 atom stereocenters. The zero-order valence-corrected chi connectivity index (χ0v) is 25.1. The van der Waals surface area contributed by atoms with Crippen molar-refractivity contribution in [2.24, 2.45) is 0 Å². The van der Waals surface area contributed by atoms with Crippen LogP contribution >= 0.6 is 0 Å². The Labute approximate surface area is 255 Å². The molecule has 0 unspecified atom stereocenters. The SMILES string of the molecule is COC1=C(OC)C(=O)C(CCCCCCCCCCc2c(C(=O)O)cc(O)c3c2C(=O)c2cccc(O)c2C3=O)=C(C)C1=O. The van der Waals surface area contributed by atoms with Gasteiger partial charge in [-0.3, -0.25) is 19.2 Å². The Balaban J connectivity index is 1.29. The number of aromatic hydroxyl groups is 2. The predicted octanol–water partition coefficient (Wildman–Crippen LogP) is 5.60. The van der Waals surface area contributed by atoms with Crippen LogP contribution in [0.25, 0.3) is 0 Å². The summed E-state index contributed by atoms with van der Waals surface area (Å²) in [5.41, 5.74) is 0.238. The van der Waals surface area contributed by atoms with Crippen molar-refractivity contribution in [3.8, 4) is 11.5 Å². The summed E-state index contributed by atoms with van der Waals surface area (Å²) in [6.07, 6.45) is 7.43. The van der Waals surface area contributed by atoms with E-state index in [1.54, 1.807) is 6.92 Å². The number of aromatic carboxylic acids is 1. The first kappa shape index (κ1) is 32.2. The Morgan fingerprint density at radius 1 is 0.682 bits per heavy atom. The molecule has 3 N–H and O–H groups in total. The quantitative estimate of drug-likeness (QED) is 0.156. The number of ether oxygens (including phenoxy) is 2. The van der Waals surface area contributed by atoms with Crippen molar-refractivity contribution in [3.05, 3.63) is 80.3 Å². The Kier molecular flexibility index (Phi) is 10.0. The van der Waals surface area contributed by atoms with E-state index in [2.05, 4.69) is 0 Å². The fourth-order valence-electron chi connectivity index (χ4n) is 6.03. The van der Waals surface area contributed by atoms with Gasteiger partial charge in [0.2, 0.25) is 28.9 Å². The lowest BCUT2D eigenvalue weighted by atomic mass is 9.78. The summed E-state index contributed by atoms with van der Waals surface area (Å²) in [7, 11) is 2.67. The van der Waals surface area contributed by atoms with Crippen LogP contribution in [0.5, 0.6) is 11.5 Å². The summed E-state index contributed by atoms with van der Waals surface area (Å²) in [6.45, 7) is 1.63. The molecule has 0 saturated carbocycles. The molecule has 0 heterocycles. The number of rotatable bonds is 14. The van der Waals surface area contributed by atoms with Gasteiger partial charge in [0.05, 0.1) is 30.9 Å². The molecule has 0 bridgehead atoms. The van der Waals surface area contributed by atoms with Gasteiger partial charge in [-0.05, 0) is 50.3 Å². The second kappa shape index (κ2) is 13.7. The minimum Gasteiger partial charge on any atom is -0.507 e. The maximum absolute atomic E-state index is 13.4. The number of carbonyl (C=O) groups excluding carboxylic acids is 4. The number of phenols is 2. The number of fused-ring (bicyclic) bond motifs is 2. The fourth-order valence-corrected chi connectivity index (χ4v) is 6.03. The van der Waals surface area contributed by atoms with Crippen LogP contribution in [0.1, 0.15) is 112 Å². The highest BCUT2D eigenvalue weighted by atomic mass is 16.5. The van der Waals surface area contributed by atoms with Crippen LogP contribution in [0.3, 0.4) is 0 Å². The normalized spacial score (nSPS) is 14.6. The minimum absolute atomic E-state index is 0.0214. The Morgan fingerprint density at radius 3 is 1.84 bits per heavy atom. The van der Waals surface area contributed by atoms with Crippen LogP contribution in [-0.2, 0) is 25.5 Å². The number of unbranched alkanes of at least 4 members (excludes halogenated alkanes) is 7. The van der Waals surface area contributed by atoms with Crippen molar-refractivity contribution in [2.75, 3.05) is 14.2 Å². The second-order valence-electron chi connectivity index (χ2n) is 11.0. The summed E-state index contributed by atoms with van der Waals surface area (Å²) < 4.78 is 10.2. The highest BCUT2D eigenvalue weighted by Gasteiger charge is 2.38. The average molecular weight is 605 g/mol. The molecule has 2 aromatic carbocycles. The van der Waals surface area contributed by atoms with Crippen molar-refractivity contribution in [1.82, 2.24) is 0 Å². The van der Waals surface area contributed by atoms with Crippen LogP contribution in [0, 0.1) is 0 Å². The molecular formula is C34H36O10. The molecule has 2 aliphatic rings. The van der Waals surface area contributed by atoms with E-state index in [9.17, 15) is 39.3 Å². The second-order valence-corrected chi connectivity index (χ2v) is 11.0. The number of carbonyl (C=O) groups is 5. The number of hydrogen-bond acceptors (Lipinski definition) is 9. The fraction of sp³-hybridized carbons (Fsp3) is 0.382. The van der Waals surface area contributed by atoms with Crippen LogP contribution in [0.2, 0.25) is 0 Å². The van der Waals surface area contributed by atoms with E-state index in [1.165, 1.54) is 32.4 Å². The van der Waals surface area contributed by atoms with Crippen molar-refractivity contribution < 1.29 is 48.8 Å². The number of carboxylic acid groups (broad SMARTS) is 1. The van der Waals surface area contributed by atoms with Gasteiger partial charge in [-0.1, -0.05) is 50.7 Å². The molecule has 0 saturated heterocycles. The monoisotopic (exact) mass is 604 g/mol. The van der Waals surface area contributed by atoms with Crippen molar-refractivity contribution in [1.29, 1.82) is 0 Å². The highest BCUT2D eigenvalue weighted by molar-refractivity contribution is 6.31. The maximum atomic E-state index is 13.4.